The first-order chi connectivity index (χ1) is 10.1. The van der Waals surface area contributed by atoms with Crippen molar-refractivity contribution in [3.63, 3.8) is 0 Å². The molecular formula is C17H19N3O. The summed E-state index contributed by atoms with van der Waals surface area (Å²) in [6.07, 6.45) is 2.18. The van der Waals surface area contributed by atoms with Crippen molar-refractivity contribution in [2.24, 2.45) is 0 Å². The number of carbonyl (C=O) groups excluding carboxylic acids is 1. The third-order valence-electron chi connectivity index (χ3n) is 3.77. The van der Waals surface area contributed by atoms with Crippen LogP contribution in [0, 0.1) is 13.8 Å². The maximum absolute atomic E-state index is 12.3. The van der Waals surface area contributed by atoms with E-state index in [0.717, 1.165) is 36.5 Å². The van der Waals surface area contributed by atoms with Crippen LogP contribution in [0.2, 0.25) is 0 Å². The Hall–Kier alpha value is -2.36. The second-order valence-corrected chi connectivity index (χ2v) is 5.44. The molecule has 0 atom stereocenters. The van der Waals surface area contributed by atoms with E-state index >= 15 is 0 Å². The van der Waals surface area contributed by atoms with E-state index in [1.54, 1.807) is 0 Å². The summed E-state index contributed by atoms with van der Waals surface area (Å²) in [5.41, 5.74) is 5.57. The van der Waals surface area contributed by atoms with Crippen molar-refractivity contribution in [3.8, 4) is 0 Å². The highest BCUT2D eigenvalue weighted by Crippen LogP contribution is 2.25. The molecule has 4 heteroatoms. The fourth-order valence-corrected chi connectivity index (χ4v) is 2.68. The predicted molar refractivity (Wildman–Crippen MR) is 84.9 cm³/mol. The van der Waals surface area contributed by atoms with Crippen LogP contribution in [0.1, 0.15) is 33.7 Å². The molecule has 1 aromatic carbocycles. The fourth-order valence-electron chi connectivity index (χ4n) is 2.68. The van der Waals surface area contributed by atoms with Gasteiger partial charge in [0.25, 0.3) is 5.91 Å². The number of carbonyl (C=O) groups is 1. The normalized spacial score (nSPS) is 13.2. The average molecular weight is 281 g/mol. The van der Waals surface area contributed by atoms with Crippen LogP contribution in [-0.2, 0) is 6.42 Å². The van der Waals surface area contributed by atoms with Gasteiger partial charge in [-0.2, -0.15) is 0 Å². The smallest absolute Gasteiger partial charge is 0.257 e. The summed E-state index contributed by atoms with van der Waals surface area (Å²) in [6.45, 7) is 4.80. The summed E-state index contributed by atoms with van der Waals surface area (Å²) in [6, 6.07) is 9.71. The number of hydrogen-bond acceptors (Lipinski definition) is 3. The highest BCUT2D eigenvalue weighted by atomic mass is 16.1. The zero-order chi connectivity index (χ0) is 14.8. The minimum absolute atomic E-state index is 0.108. The number of aromatic nitrogens is 1. The molecule has 2 heterocycles. The molecule has 1 aromatic heterocycles. The van der Waals surface area contributed by atoms with Crippen LogP contribution in [0.3, 0.4) is 0 Å². The van der Waals surface area contributed by atoms with Crippen molar-refractivity contribution in [2.45, 2.75) is 26.7 Å². The van der Waals surface area contributed by atoms with E-state index in [1.807, 2.05) is 38.1 Å². The Kier molecular flexibility index (Phi) is 3.60. The number of benzene rings is 1. The largest absolute Gasteiger partial charge is 0.385 e. The number of fused-ring (bicyclic) bond motifs is 1. The molecule has 21 heavy (non-hydrogen) atoms. The van der Waals surface area contributed by atoms with Crippen LogP contribution in [0.4, 0.5) is 11.4 Å². The van der Waals surface area contributed by atoms with Crippen LogP contribution in [-0.4, -0.2) is 17.4 Å². The van der Waals surface area contributed by atoms with Crippen LogP contribution in [0.25, 0.3) is 0 Å². The highest BCUT2D eigenvalue weighted by molar-refractivity contribution is 6.05. The molecule has 1 amide bonds. The molecule has 3 rings (SSSR count). The minimum atomic E-state index is -0.108. The summed E-state index contributed by atoms with van der Waals surface area (Å²) in [4.78, 5) is 16.7. The molecule has 0 saturated heterocycles. The fraction of sp³-hybridized carbons (Fsp3) is 0.294. The lowest BCUT2D eigenvalue weighted by Gasteiger charge is -2.19. The first-order valence-corrected chi connectivity index (χ1v) is 7.26. The molecule has 0 bridgehead atoms. The molecule has 2 N–H and O–H groups in total. The first-order valence-electron chi connectivity index (χ1n) is 7.26. The number of rotatable bonds is 2. The van der Waals surface area contributed by atoms with Gasteiger partial charge in [-0.3, -0.25) is 9.78 Å². The van der Waals surface area contributed by atoms with Gasteiger partial charge in [0.15, 0.2) is 0 Å². The lowest BCUT2D eigenvalue weighted by atomic mass is 10.0. The van der Waals surface area contributed by atoms with Gasteiger partial charge in [-0.25, -0.2) is 0 Å². The van der Waals surface area contributed by atoms with E-state index in [4.69, 9.17) is 0 Å². The molecule has 108 valence electrons. The quantitative estimate of drug-likeness (QED) is 0.888. The third kappa shape index (κ3) is 2.89. The van der Waals surface area contributed by atoms with Crippen molar-refractivity contribution in [2.75, 3.05) is 17.2 Å². The summed E-state index contributed by atoms with van der Waals surface area (Å²) in [5.74, 6) is -0.108. The van der Waals surface area contributed by atoms with Gasteiger partial charge in [0.2, 0.25) is 0 Å². The van der Waals surface area contributed by atoms with Crippen molar-refractivity contribution in [1.29, 1.82) is 0 Å². The molecule has 2 aromatic rings. The van der Waals surface area contributed by atoms with Crippen LogP contribution in [0.5, 0.6) is 0 Å². The molecule has 1 aliphatic heterocycles. The molecular weight excluding hydrogens is 262 g/mol. The maximum atomic E-state index is 12.3. The average Bonchev–Trinajstić information content (AvgIpc) is 2.47. The van der Waals surface area contributed by atoms with E-state index in [-0.39, 0.29) is 5.91 Å². The standard InChI is InChI=1S/C17H19N3O/c1-11-5-7-15(12(2)19-11)17(21)20-14-6-8-16-13(10-14)4-3-9-18-16/h5-8,10,18H,3-4,9H2,1-2H3,(H,20,21). The van der Waals surface area contributed by atoms with E-state index < -0.39 is 0 Å². The molecule has 0 aliphatic carbocycles. The summed E-state index contributed by atoms with van der Waals surface area (Å²) >= 11 is 0. The van der Waals surface area contributed by atoms with Gasteiger partial charge in [0.1, 0.15) is 0 Å². The first kappa shape index (κ1) is 13.6. The molecule has 0 unspecified atom stereocenters. The predicted octanol–water partition coefficient (Wildman–Crippen LogP) is 3.31. The van der Waals surface area contributed by atoms with E-state index in [1.165, 1.54) is 11.3 Å². The molecule has 0 radical (unpaired) electrons. The van der Waals surface area contributed by atoms with E-state index in [2.05, 4.69) is 21.7 Å². The van der Waals surface area contributed by atoms with Gasteiger partial charge in [0, 0.05) is 23.6 Å². The Morgan fingerprint density at radius 1 is 1.24 bits per heavy atom. The second-order valence-electron chi connectivity index (χ2n) is 5.44. The molecule has 0 fully saturated rings. The van der Waals surface area contributed by atoms with Crippen LogP contribution in [0.15, 0.2) is 30.3 Å². The third-order valence-corrected chi connectivity index (χ3v) is 3.77. The summed E-state index contributed by atoms with van der Waals surface area (Å²) < 4.78 is 0. The van der Waals surface area contributed by atoms with Crippen molar-refractivity contribution in [1.82, 2.24) is 4.98 Å². The Morgan fingerprint density at radius 2 is 2.10 bits per heavy atom. The van der Waals surface area contributed by atoms with Crippen molar-refractivity contribution < 1.29 is 4.79 Å². The van der Waals surface area contributed by atoms with Crippen LogP contribution < -0.4 is 10.6 Å². The van der Waals surface area contributed by atoms with Crippen molar-refractivity contribution >= 4 is 17.3 Å². The number of anilines is 2. The molecule has 0 saturated carbocycles. The van der Waals surface area contributed by atoms with Crippen molar-refractivity contribution in [3.05, 3.63) is 52.8 Å². The van der Waals surface area contributed by atoms with E-state index in [0.29, 0.717) is 5.56 Å². The van der Waals surface area contributed by atoms with Gasteiger partial charge in [-0.15, -0.1) is 0 Å². The second kappa shape index (κ2) is 5.56. The summed E-state index contributed by atoms with van der Waals surface area (Å²) in [7, 11) is 0. The van der Waals surface area contributed by atoms with Gasteiger partial charge < -0.3 is 10.6 Å². The topological polar surface area (TPSA) is 54.0 Å². The van der Waals surface area contributed by atoms with Gasteiger partial charge in [0.05, 0.1) is 11.3 Å². The highest BCUT2D eigenvalue weighted by Gasteiger charge is 2.13. The zero-order valence-corrected chi connectivity index (χ0v) is 12.4. The monoisotopic (exact) mass is 281 g/mol. The molecule has 4 nitrogen and oxygen atoms in total. The number of amides is 1. The van der Waals surface area contributed by atoms with Gasteiger partial charge >= 0.3 is 0 Å². The molecule has 0 spiro atoms. The SMILES string of the molecule is Cc1ccc(C(=O)Nc2ccc3c(c2)CCCN3)c(C)n1. The number of nitrogens with zero attached hydrogens (tertiary/aromatic N) is 1. The number of nitrogens with one attached hydrogen (secondary N) is 2. The number of pyridine rings is 1. The van der Waals surface area contributed by atoms with Crippen LogP contribution >= 0.6 is 0 Å². The minimum Gasteiger partial charge on any atom is -0.385 e. The Morgan fingerprint density at radius 3 is 2.90 bits per heavy atom. The molecule has 1 aliphatic rings. The zero-order valence-electron chi connectivity index (χ0n) is 12.4. The Balaban J connectivity index is 1.81. The summed E-state index contributed by atoms with van der Waals surface area (Å²) in [5, 5.41) is 6.33. The maximum Gasteiger partial charge on any atom is 0.257 e. The van der Waals surface area contributed by atoms with Gasteiger partial charge in [-0.05, 0) is 62.6 Å². The number of hydrogen-bond donors (Lipinski definition) is 2. The van der Waals surface area contributed by atoms with E-state index in [9.17, 15) is 4.79 Å². The Labute approximate surface area is 124 Å². The number of aryl methyl sites for hydroxylation is 3. The van der Waals surface area contributed by atoms with Gasteiger partial charge in [-0.1, -0.05) is 0 Å². The Bertz CT molecular complexity index is 694. The lowest BCUT2D eigenvalue weighted by Crippen LogP contribution is -2.16. The lowest BCUT2D eigenvalue weighted by molar-refractivity contribution is 0.102.